The molecule has 0 aromatic heterocycles. The van der Waals surface area contributed by atoms with Crippen LogP contribution in [0.3, 0.4) is 0 Å². The van der Waals surface area contributed by atoms with Crippen LogP contribution < -0.4 is 5.32 Å². The molecule has 0 radical (unpaired) electrons. The summed E-state index contributed by atoms with van der Waals surface area (Å²) in [7, 11) is 0. The number of amides is 1. The molecule has 0 saturated heterocycles. The lowest BCUT2D eigenvalue weighted by Gasteiger charge is -2.31. The number of benzene rings is 2. The predicted octanol–water partition coefficient (Wildman–Crippen LogP) is 5.13. The van der Waals surface area contributed by atoms with E-state index in [4.69, 9.17) is 0 Å². The van der Waals surface area contributed by atoms with Gasteiger partial charge in [0.05, 0.1) is 0 Å². The van der Waals surface area contributed by atoms with E-state index < -0.39 is 5.41 Å². The summed E-state index contributed by atoms with van der Waals surface area (Å²) in [6.07, 6.45) is 4.40. The number of aromatic hydroxyl groups is 2. The van der Waals surface area contributed by atoms with E-state index in [0.717, 1.165) is 30.5 Å². The molecule has 3 N–H and O–H groups in total. The number of unbranched alkanes of at least 4 members (excludes halogenated alkanes) is 1. The summed E-state index contributed by atoms with van der Waals surface area (Å²) >= 11 is 0. The molecular weight excluding hydrogens is 350 g/mol. The van der Waals surface area contributed by atoms with Gasteiger partial charge >= 0.3 is 0 Å². The SMILES string of the molecule is CC(C)CCCCNC(=O)CCC(C)(c1ccc(O)cc1)c1ccc(O)cc1. The highest BCUT2D eigenvalue weighted by atomic mass is 16.3. The van der Waals surface area contributed by atoms with Crippen LogP contribution in [0.2, 0.25) is 0 Å². The Bertz CT molecular complexity index is 690. The number of phenolic OH excluding ortho intramolecular Hbond substituents is 2. The van der Waals surface area contributed by atoms with Gasteiger partial charge in [0.2, 0.25) is 5.91 Å². The van der Waals surface area contributed by atoms with E-state index in [1.165, 1.54) is 6.42 Å². The maximum Gasteiger partial charge on any atom is 0.220 e. The van der Waals surface area contributed by atoms with Gasteiger partial charge in [-0.3, -0.25) is 4.79 Å². The van der Waals surface area contributed by atoms with E-state index in [1.807, 2.05) is 24.3 Å². The first-order valence-electron chi connectivity index (χ1n) is 10.2. The molecule has 0 fully saturated rings. The highest BCUT2D eigenvalue weighted by Crippen LogP contribution is 2.37. The largest absolute Gasteiger partial charge is 0.508 e. The van der Waals surface area contributed by atoms with Crippen LogP contribution in [0.1, 0.15) is 64.0 Å². The van der Waals surface area contributed by atoms with E-state index in [-0.39, 0.29) is 17.4 Å². The topological polar surface area (TPSA) is 69.6 Å². The second-order valence-electron chi connectivity index (χ2n) is 8.17. The molecule has 0 aliphatic carbocycles. The second-order valence-corrected chi connectivity index (χ2v) is 8.17. The van der Waals surface area contributed by atoms with E-state index in [0.29, 0.717) is 18.8 Å². The van der Waals surface area contributed by atoms with Crippen molar-refractivity contribution in [2.75, 3.05) is 6.54 Å². The molecule has 2 aromatic rings. The molecule has 0 heterocycles. The Labute approximate surface area is 168 Å². The van der Waals surface area contributed by atoms with E-state index in [1.54, 1.807) is 24.3 Å². The quantitative estimate of drug-likeness (QED) is 0.498. The molecule has 0 saturated carbocycles. The normalized spacial score (nSPS) is 11.6. The van der Waals surface area contributed by atoms with Crippen molar-refractivity contribution in [3.8, 4) is 11.5 Å². The molecule has 2 rings (SSSR count). The molecule has 152 valence electrons. The molecule has 4 heteroatoms. The highest BCUT2D eigenvalue weighted by Gasteiger charge is 2.29. The van der Waals surface area contributed by atoms with Gasteiger partial charge in [-0.15, -0.1) is 0 Å². The molecule has 0 aliphatic rings. The van der Waals surface area contributed by atoms with Crippen LogP contribution in [0, 0.1) is 5.92 Å². The zero-order valence-electron chi connectivity index (χ0n) is 17.2. The van der Waals surface area contributed by atoms with Crippen LogP contribution in [-0.4, -0.2) is 22.7 Å². The van der Waals surface area contributed by atoms with Crippen LogP contribution >= 0.6 is 0 Å². The molecule has 0 atom stereocenters. The fourth-order valence-corrected chi connectivity index (χ4v) is 3.47. The van der Waals surface area contributed by atoms with E-state index >= 15 is 0 Å². The zero-order chi connectivity index (χ0) is 20.6. The summed E-state index contributed by atoms with van der Waals surface area (Å²) in [6, 6.07) is 14.3. The summed E-state index contributed by atoms with van der Waals surface area (Å²) in [5.41, 5.74) is 1.66. The Morgan fingerprint density at radius 1 is 0.929 bits per heavy atom. The third kappa shape index (κ3) is 6.29. The number of phenols is 2. The van der Waals surface area contributed by atoms with Gasteiger partial charge in [-0.1, -0.05) is 57.9 Å². The molecule has 2 aromatic carbocycles. The van der Waals surface area contributed by atoms with Crippen LogP contribution in [-0.2, 0) is 10.2 Å². The fourth-order valence-electron chi connectivity index (χ4n) is 3.47. The Hall–Kier alpha value is -2.49. The highest BCUT2D eigenvalue weighted by molar-refractivity contribution is 5.76. The molecule has 1 amide bonds. The van der Waals surface area contributed by atoms with Crippen LogP contribution in [0.25, 0.3) is 0 Å². The molecular formula is C24H33NO3. The minimum Gasteiger partial charge on any atom is -0.508 e. The Morgan fingerprint density at radius 2 is 1.43 bits per heavy atom. The maximum atomic E-state index is 12.4. The number of rotatable bonds is 10. The third-order valence-electron chi connectivity index (χ3n) is 5.39. The Morgan fingerprint density at radius 3 is 1.89 bits per heavy atom. The molecule has 28 heavy (non-hydrogen) atoms. The monoisotopic (exact) mass is 383 g/mol. The van der Waals surface area contributed by atoms with Crippen molar-refractivity contribution in [1.29, 1.82) is 0 Å². The van der Waals surface area contributed by atoms with Crippen molar-refractivity contribution in [1.82, 2.24) is 5.32 Å². The van der Waals surface area contributed by atoms with Crippen molar-refractivity contribution in [3.63, 3.8) is 0 Å². The minimum atomic E-state index is -0.392. The van der Waals surface area contributed by atoms with Gasteiger partial charge in [-0.05, 0) is 54.2 Å². The first kappa shape index (κ1) is 21.8. The first-order chi connectivity index (χ1) is 13.3. The molecule has 0 bridgehead atoms. The molecule has 0 aliphatic heterocycles. The van der Waals surface area contributed by atoms with Gasteiger partial charge in [-0.25, -0.2) is 0 Å². The van der Waals surface area contributed by atoms with Crippen LogP contribution in [0.15, 0.2) is 48.5 Å². The lowest BCUT2D eigenvalue weighted by Crippen LogP contribution is -2.29. The molecule has 0 unspecified atom stereocenters. The Kier molecular flexibility index (Phi) is 7.91. The smallest absolute Gasteiger partial charge is 0.220 e. The summed E-state index contributed by atoms with van der Waals surface area (Å²) in [5.74, 6) is 1.20. The van der Waals surface area contributed by atoms with Crippen molar-refractivity contribution in [3.05, 3.63) is 59.7 Å². The van der Waals surface area contributed by atoms with Crippen molar-refractivity contribution in [2.24, 2.45) is 5.92 Å². The first-order valence-corrected chi connectivity index (χ1v) is 10.2. The van der Waals surface area contributed by atoms with Crippen LogP contribution in [0.5, 0.6) is 11.5 Å². The average molecular weight is 384 g/mol. The van der Waals surface area contributed by atoms with E-state index in [9.17, 15) is 15.0 Å². The van der Waals surface area contributed by atoms with Crippen molar-refractivity contribution in [2.45, 2.75) is 58.3 Å². The average Bonchev–Trinajstić information content (AvgIpc) is 2.66. The second kappa shape index (κ2) is 10.2. The van der Waals surface area contributed by atoms with Gasteiger partial charge in [-0.2, -0.15) is 0 Å². The lowest BCUT2D eigenvalue weighted by atomic mass is 9.73. The van der Waals surface area contributed by atoms with Gasteiger partial charge < -0.3 is 15.5 Å². The summed E-state index contributed by atoms with van der Waals surface area (Å²) < 4.78 is 0. The zero-order valence-corrected chi connectivity index (χ0v) is 17.2. The number of carbonyl (C=O) groups is 1. The third-order valence-corrected chi connectivity index (χ3v) is 5.39. The van der Waals surface area contributed by atoms with Gasteiger partial charge in [0.25, 0.3) is 0 Å². The summed E-state index contributed by atoms with van der Waals surface area (Å²) in [6.45, 7) is 7.25. The van der Waals surface area contributed by atoms with Crippen molar-refractivity contribution >= 4 is 5.91 Å². The van der Waals surface area contributed by atoms with Crippen LogP contribution in [0.4, 0.5) is 0 Å². The molecule has 4 nitrogen and oxygen atoms in total. The Balaban J connectivity index is 2.03. The number of nitrogens with one attached hydrogen (secondary N) is 1. The fraction of sp³-hybridized carbons (Fsp3) is 0.458. The number of hydrogen-bond donors (Lipinski definition) is 3. The molecule has 0 spiro atoms. The van der Waals surface area contributed by atoms with E-state index in [2.05, 4.69) is 26.1 Å². The predicted molar refractivity (Wildman–Crippen MR) is 114 cm³/mol. The maximum absolute atomic E-state index is 12.4. The standard InChI is InChI=1S/C24H33NO3/c1-18(2)6-4-5-17-25-23(28)15-16-24(3,19-7-11-21(26)12-8-19)20-9-13-22(27)14-10-20/h7-14,18,26-27H,4-6,15-17H2,1-3H3,(H,25,28). The van der Waals surface area contributed by atoms with Gasteiger partial charge in [0, 0.05) is 18.4 Å². The minimum absolute atomic E-state index is 0.0633. The van der Waals surface area contributed by atoms with Crippen molar-refractivity contribution < 1.29 is 15.0 Å². The lowest BCUT2D eigenvalue weighted by molar-refractivity contribution is -0.121. The summed E-state index contributed by atoms with van der Waals surface area (Å²) in [4.78, 5) is 12.4. The number of carbonyl (C=O) groups excluding carboxylic acids is 1. The summed E-state index contributed by atoms with van der Waals surface area (Å²) in [5, 5.41) is 22.3. The number of hydrogen-bond acceptors (Lipinski definition) is 3. The van der Waals surface area contributed by atoms with Gasteiger partial charge in [0.1, 0.15) is 11.5 Å². The van der Waals surface area contributed by atoms with Gasteiger partial charge in [0.15, 0.2) is 0 Å².